The molecule has 6 heteroatoms. The van der Waals surface area contributed by atoms with Crippen LogP contribution in [0, 0.1) is 0 Å². The molecule has 1 fully saturated rings. The largest absolute Gasteiger partial charge is 0.355 e. The Balaban J connectivity index is 1.47. The third-order valence-electron chi connectivity index (χ3n) is 4.85. The maximum atomic E-state index is 12.4. The van der Waals surface area contributed by atoms with Gasteiger partial charge in [-0.3, -0.25) is 9.78 Å². The topological polar surface area (TPSA) is 58.1 Å². The summed E-state index contributed by atoms with van der Waals surface area (Å²) in [4.78, 5) is 23.8. The van der Waals surface area contributed by atoms with Gasteiger partial charge in [0, 0.05) is 48.2 Å². The lowest BCUT2D eigenvalue weighted by atomic mass is 10.1. The molecule has 142 valence electrons. The molecule has 0 bridgehead atoms. The first-order valence-electron chi connectivity index (χ1n) is 9.40. The molecule has 1 N–H and O–H groups in total. The molecule has 0 spiro atoms. The van der Waals surface area contributed by atoms with Crippen LogP contribution in [0.5, 0.6) is 0 Å². The van der Waals surface area contributed by atoms with Gasteiger partial charge in [0.05, 0.1) is 0 Å². The van der Waals surface area contributed by atoms with Crippen LogP contribution in [0.25, 0.3) is 11.3 Å². The van der Waals surface area contributed by atoms with Crippen molar-refractivity contribution in [3.05, 3.63) is 77.1 Å². The van der Waals surface area contributed by atoms with E-state index < -0.39 is 0 Å². The summed E-state index contributed by atoms with van der Waals surface area (Å²) in [5.41, 5.74) is 3.39. The lowest BCUT2D eigenvalue weighted by Gasteiger charge is -2.19. The first-order valence-corrected chi connectivity index (χ1v) is 9.77. The van der Waals surface area contributed by atoms with Crippen LogP contribution in [-0.4, -0.2) is 29.0 Å². The molecule has 1 aromatic heterocycles. The van der Waals surface area contributed by atoms with Crippen molar-refractivity contribution in [3.63, 3.8) is 0 Å². The van der Waals surface area contributed by atoms with Crippen molar-refractivity contribution in [1.29, 1.82) is 0 Å². The van der Waals surface area contributed by atoms with E-state index in [1.807, 2.05) is 48.5 Å². The van der Waals surface area contributed by atoms with E-state index in [0.29, 0.717) is 17.1 Å². The SMILES string of the molecule is O=C(NCc1cccc(Cl)c1)c1ccc(-c2nccnc2N2CCCC2)cc1. The minimum Gasteiger partial charge on any atom is -0.355 e. The molecule has 2 aromatic carbocycles. The van der Waals surface area contributed by atoms with Gasteiger partial charge in [-0.05, 0) is 42.7 Å². The Hall–Kier alpha value is -2.92. The fourth-order valence-corrected chi connectivity index (χ4v) is 3.62. The molecule has 5 nitrogen and oxygen atoms in total. The van der Waals surface area contributed by atoms with Gasteiger partial charge in [0.2, 0.25) is 0 Å². The number of hydrogen-bond acceptors (Lipinski definition) is 4. The average Bonchev–Trinajstić information content (AvgIpc) is 3.27. The van der Waals surface area contributed by atoms with Gasteiger partial charge < -0.3 is 10.2 Å². The summed E-state index contributed by atoms with van der Waals surface area (Å²) in [6.45, 7) is 2.45. The minimum atomic E-state index is -0.120. The van der Waals surface area contributed by atoms with E-state index in [1.54, 1.807) is 12.4 Å². The van der Waals surface area contributed by atoms with Crippen LogP contribution in [0.1, 0.15) is 28.8 Å². The average molecular weight is 393 g/mol. The number of hydrogen-bond donors (Lipinski definition) is 1. The minimum absolute atomic E-state index is 0.120. The summed E-state index contributed by atoms with van der Waals surface area (Å²) in [7, 11) is 0. The number of aromatic nitrogens is 2. The Bertz CT molecular complexity index is 968. The van der Waals surface area contributed by atoms with Crippen LogP contribution in [0.2, 0.25) is 5.02 Å². The maximum absolute atomic E-state index is 12.4. The van der Waals surface area contributed by atoms with Crippen molar-refractivity contribution < 1.29 is 4.79 Å². The molecule has 0 atom stereocenters. The molecule has 0 unspecified atom stereocenters. The van der Waals surface area contributed by atoms with Crippen LogP contribution in [0.3, 0.4) is 0 Å². The van der Waals surface area contributed by atoms with Crippen molar-refractivity contribution in [2.75, 3.05) is 18.0 Å². The summed E-state index contributed by atoms with van der Waals surface area (Å²) in [6, 6.07) is 15.0. The van der Waals surface area contributed by atoms with Crippen LogP contribution < -0.4 is 10.2 Å². The van der Waals surface area contributed by atoms with Crippen molar-refractivity contribution in [1.82, 2.24) is 15.3 Å². The standard InChI is InChI=1S/C22H21ClN4O/c23-19-5-3-4-16(14-19)15-26-22(28)18-8-6-17(7-9-18)20-21(25-11-10-24-20)27-12-1-2-13-27/h3-11,14H,1-2,12-13,15H2,(H,26,28). The van der Waals surface area contributed by atoms with E-state index in [0.717, 1.165) is 35.7 Å². The molecule has 0 saturated carbocycles. The first kappa shape index (κ1) is 18.4. The van der Waals surface area contributed by atoms with Crippen molar-refractivity contribution in [2.45, 2.75) is 19.4 Å². The van der Waals surface area contributed by atoms with Gasteiger partial charge in [0.1, 0.15) is 5.69 Å². The highest BCUT2D eigenvalue weighted by molar-refractivity contribution is 6.30. The molecule has 28 heavy (non-hydrogen) atoms. The number of anilines is 1. The first-order chi connectivity index (χ1) is 13.7. The third-order valence-corrected chi connectivity index (χ3v) is 5.08. The number of benzene rings is 2. The number of nitrogens with one attached hydrogen (secondary N) is 1. The fourth-order valence-electron chi connectivity index (χ4n) is 3.41. The molecule has 1 amide bonds. The summed E-state index contributed by atoms with van der Waals surface area (Å²) >= 11 is 5.99. The number of carbonyl (C=O) groups is 1. The number of rotatable bonds is 5. The van der Waals surface area contributed by atoms with Gasteiger partial charge in [-0.15, -0.1) is 0 Å². The van der Waals surface area contributed by atoms with Gasteiger partial charge in [-0.25, -0.2) is 4.98 Å². The molecule has 1 aliphatic heterocycles. The predicted octanol–water partition coefficient (Wildman–Crippen LogP) is 4.33. The van der Waals surface area contributed by atoms with Crippen LogP contribution in [0.4, 0.5) is 5.82 Å². The molecule has 0 radical (unpaired) electrons. The highest BCUT2D eigenvalue weighted by atomic mass is 35.5. The molecule has 3 aromatic rings. The Kier molecular flexibility index (Phi) is 5.53. The normalized spacial score (nSPS) is 13.5. The number of carbonyl (C=O) groups excluding carboxylic acids is 1. The van der Waals surface area contributed by atoms with Gasteiger partial charge in [0.25, 0.3) is 5.91 Å². The van der Waals surface area contributed by atoms with E-state index in [-0.39, 0.29) is 5.91 Å². The van der Waals surface area contributed by atoms with Crippen LogP contribution in [-0.2, 0) is 6.54 Å². The van der Waals surface area contributed by atoms with E-state index in [2.05, 4.69) is 20.2 Å². The zero-order chi connectivity index (χ0) is 19.3. The Morgan fingerprint density at radius 3 is 2.54 bits per heavy atom. The van der Waals surface area contributed by atoms with E-state index in [9.17, 15) is 4.79 Å². The Morgan fingerprint density at radius 1 is 1.04 bits per heavy atom. The quantitative estimate of drug-likeness (QED) is 0.702. The van der Waals surface area contributed by atoms with E-state index >= 15 is 0 Å². The smallest absolute Gasteiger partial charge is 0.251 e. The second kappa shape index (κ2) is 8.40. The van der Waals surface area contributed by atoms with Crippen molar-refractivity contribution >= 4 is 23.3 Å². The molecular formula is C22H21ClN4O. The Labute approximate surface area is 169 Å². The molecule has 1 saturated heterocycles. The molecular weight excluding hydrogens is 372 g/mol. The Morgan fingerprint density at radius 2 is 1.79 bits per heavy atom. The maximum Gasteiger partial charge on any atom is 0.251 e. The lowest BCUT2D eigenvalue weighted by molar-refractivity contribution is 0.0951. The number of nitrogens with zero attached hydrogens (tertiary/aromatic N) is 3. The second-order valence-electron chi connectivity index (χ2n) is 6.81. The highest BCUT2D eigenvalue weighted by Gasteiger charge is 2.18. The molecule has 4 rings (SSSR count). The lowest BCUT2D eigenvalue weighted by Crippen LogP contribution is -2.22. The zero-order valence-corrected chi connectivity index (χ0v) is 16.2. The van der Waals surface area contributed by atoms with Gasteiger partial charge in [-0.2, -0.15) is 0 Å². The molecule has 0 aliphatic carbocycles. The van der Waals surface area contributed by atoms with Crippen molar-refractivity contribution in [3.8, 4) is 11.3 Å². The van der Waals surface area contributed by atoms with Crippen LogP contribution >= 0.6 is 11.6 Å². The number of halogens is 1. The summed E-state index contributed by atoms with van der Waals surface area (Å²) in [5.74, 6) is 0.795. The fraction of sp³-hybridized carbons (Fsp3) is 0.227. The second-order valence-corrected chi connectivity index (χ2v) is 7.25. The van der Waals surface area contributed by atoms with Gasteiger partial charge in [0.15, 0.2) is 5.82 Å². The van der Waals surface area contributed by atoms with Crippen LogP contribution in [0.15, 0.2) is 60.9 Å². The predicted molar refractivity (Wildman–Crippen MR) is 112 cm³/mol. The number of amides is 1. The summed E-state index contributed by atoms with van der Waals surface area (Å²) < 4.78 is 0. The van der Waals surface area contributed by atoms with Crippen molar-refractivity contribution in [2.24, 2.45) is 0 Å². The third kappa shape index (κ3) is 4.15. The van der Waals surface area contributed by atoms with E-state index in [4.69, 9.17) is 11.6 Å². The summed E-state index contributed by atoms with van der Waals surface area (Å²) in [5, 5.41) is 3.59. The van der Waals surface area contributed by atoms with E-state index in [1.165, 1.54) is 12.8 Å². The zero-order valence-electron chi connectivity index (χ0n) is 15.4. The van der Waals surface area contributed by atoms with Gasteiger partial charge >= 0.3 is 0 Å². The molecule has 1 aliphatic rings. The van der Waals surface area contributed by atoms with Gasteiger partial charge in [-0.1, -0.05) is 35.9 Å². The summed E-state index contributed by atoms with van der Waals surface area (Å²) in [6.07, 6.45) is 5.80. The highest BCUT2D eigenvalue weighted by Crippen LogP contribution is 2.29. The monoisotopic (exact) mass is 392 g/mol. The molecule has 2 heterocycles.